The van der Waals surface area contributed by atoms with E-state index in [1.165, 1.54) is 31.4 Å². The molecule has 0 saturated carbocycles. The molecule has 10 atom stereocenters. The van der Waals surface area contributed by atoms with Gasteiger partial charge in [0.2, 0.25) is 6.29 Å². The first kappa shape index (κ1) is 29.4. The van der Waals surface area contributed by atoms with Gasteiger partial charge in [0, 0.05) is 12.1 Å². The molecule has 3 aliphatic heterocycles. The largest absolute Gasteiger partial charge is 0.508 e. The molecule has 41 heavy (non-hydrogen) atoms. The fourth-order valence-corrected chi connectivity index (χ4v) is 4.88. The van der Waals surface area contributed by atoms with Crippen LogP contribution in [0.3, 0.4) is 0 Å². The molecule has 0 spiro atoms. The Morgan fingerprint density at radius 2 is 1.61 bits per heavy atom. The number of phenolic OH excluding ortho intramolecular Hbond substituents is 1. The van der Waals surface area contributed by atoms with Crippen LogP contribution in [0, 0.1) is 0 Å². The van der Waals surface area contributed by atoms with E-state index in [-0.39, 0.29) is 47.4 Å². The SMILES string of the molecule is COc1cc2c(c(O[C@@H]3O[C@H](CO[C@@H]4OC[C@@H](O)[C@H](O)[C@@H]4O)[C@@H](O)[C@H](O)[C@H]3O)c1)C(=O)CC(c1ccc(O)cc1)O2. The zero-order valence-electron chi connectivity index (χ0n) is 21.8. The van der Waals surface area contributed by atoms with Crippen LogP contribution in [0.5, 0.6) is 23.0 Å². The molecule has 3 aliphatic rings. The highest BCUT2D eigenvalue weighted by molar-refractivity contribution is 6.02. The molecule has 14 nitrogen and oxygen atoms in total. The average molecular weight is 581 g/mol. The molecule has 2 fully saturated rings. The summed E-state index contributed by atoms with van der Waals surface area (Å²) < 4.78 is 33.5. The van der Waals surface area contributed by atoms with Crippen LogP contribution in [0.1, 0.15) is 28.4 Å². The van der Waals surface area contributed by atoms with E-state index in [4.69, 9.17) is 28.4 Å². The standard InChI is InChI=1S/C27H32O14/c1-36-13-6-17-20(14(29)8-16(39-17)11-2-4-12(28)5-3-11)18(7-13)40-27-25(35)23(33)22(32)19(41-27)10-38-26-24(34)21(31)15(30)9-37-26/h2-7,15-16,19,21-28,30-35H,8-10H2,1H3/t15-,16?,19-,21+,22-,23+,24+,25-,26+,27-/m1/s1. The van der Waals surface area contributed by atoms with E-state index < -0.39 is 68.0 Å². The minimum Gasteiger partial charge on any atom is -0.508 e. The van der Waals surface area contributed by atoms with Crippen molar-refractivity contribution in [3.8, 4) is 23.0 Å². The molecule has 2 aromatic rings. The van der Waals surface area contributed by atoms with Gasteiger partial charge < -0.3 is 64.2 Å². The van der Waals surface area contributed by atoms with Gasteiger partial charge in [-0.05, 0) is 17.7 Å². The van der Waals surface area contributed by atoms with Gasteiger partial charge in [0.15, 0.2) is 12.1 Å². The maximum atomic E-state index is 13.3. The number of benzene rings is 2. The van der Waals surface area contributed by atoms with Crippen LogP contribution in [0.25, 0.3) is 0 Å². The number of hydrogen-bond donors (Lipinski definition) is 7. The second kappa shape index (κ2) is 12.1. The normalized spacial score (nSPS) is 35.3. The number of ketones is 1. The molecule has 14 heteroatoms. The van der Waals surface area contributed by atoms with Crippen LogP contribution in [-0.2, 0) is 14.2 Å². The predicted molar refractivity (Wildman–Crippen MR) is 134 cm³/mol. The Morgan fingerprint density at radius 1 is 0.902 bits per heavy atom. The quantitative estimate of drug-likeness (QED) is 0.204. The van der Waals surface area contributed by atoms with E-state index in [1.807, 2.05) is 0 Å². The third-order valence-electron chi connectivity index (χ3n) is 7.25. The minimum atomic E-state index is -1.75. The molecule has 2 aromatic carbocycles. The number of carbonyl (C=O) groups excluding carboxylic acids is 1. The summed E-state index contributed by atoms with van der Waals surface area (Å²) in [5, 5.41) is 70.7. The van der Waals surface area contributed by atoms with Gasteiger partial charge in [-0.15, -0.1) is 0 Å². The number of Topliss-reactive ketones (excluding diaryl/α,β-unsaturated/α-hetero) is 1. The summed E-state index contributed by atoms with van der Waals surface area (Å²) in [5.74, 6) is 0.0480. The zero-order valence-corrected chi connectivity index (χ0v) is 21.8. The highest BCUT2D eigenvalue weighted by atomic mass is 16.7. The molecule has 7 N–H and O–H groups in total. The number of aromatic hydroxyl groups is 1. The van der Waals surface area contributed by atoms with Gasteiger partial charge >= 0.3 is 0 Å². The number of fused-ring (bicyclic) bond motifs is 1. The second-order valence-electron chi connectivity index (χ2n) is 10.0. The van der Waals surface area contributed by atoms with Crippen molar-refractivity contribution in [2.45, 2.75) is 67.8 Å². The smallest absolute Gasteiger partial charge is 0.229 e. The van der Waals surface area contributed by atoms with Crippen LogP contribution < -0.4 is 14.2 Å². The Kier molecular flexibility index (Phi) is 8.65. The predicted octanol–water partition coefficient (Wildman–Crippen LogP) is -1.25. The zero-order chi connectivity index (χ0) is 29.4. The molecule has 0 amide bonds. The fourth-order valence-electron chi connectivity index (χ4n) is 4.88. The molecule has 0 bridgehead atoms. The van der Waals surface area contributed by atoms with Crippen molar-refractivity contribution in [1.29, 1.82) is 0 Å². The summed E-state index contributed by atoms with van der Waals surface area (Å²) in [6.07, 6.45) is -14.5. The maximum Gasteiger partial charge on any atom is 0.229 e. The van der Waals surface area contributed by atoms with Crippen LogP contribution in [0.2, 0.25) is 0 Å². The van der Waals surface area contributed by atoms with Gasteiger partial charge in [-0.25, -0.2) is 0 Å². The lowest BCUT2D eigenvalue weighted by atomic mass is 9.95. The Labute approximate surface area is 233 Å². The minimum absolute atomic E-state index is 0.0521. The summed E-state index contributed by atoms with van der Waals surface area (Å²) in [6, 6.07) is 9.12. The second-order valence-corrected chi connectivity index (χ2v) is 10.0. The van der Waals surface area contributed by atoms with Crippen molar-refractivity contribution in [3.63, 3.8) is 0 Å². The number of hydrogen-bond acceptors (Lipinski definition) is 14. The number of rotatable bonds is 7. The van der Waals surface area contributed by atoms with Gasteiger partial charge in [0.25, 0.3) is 0 Å². The van der Waals surface area contributed by atoms with E-state index >= 15 is 0 Å². The lowest BCUT2D eigenvalue weighted by molar-refractivity contribution is -0.307. The van der Waals surface area contributed by atoms with E-state index in [9.17, 15) is 40.5 Å². The summed E-state index contributed by atoms with van der Waals surface area (Å²) >= 11 is 0. The van der Waals surface area contributed by atoms with E-state index in [2.05, 4.69) is 0 Å². The van der Waals surface area contributed by atoms with Crippen molar-refractivity contribution in [3.05, 3.63) is 47.5 Å². The van der Waals surface area contributed by atoms with Crippen LogP contribution >= 0.6 is 0 Å². The van der Waals surface area contributed by atoms with Gasteiger partial charge in [-0.2, -0.15) is 0 Å². The summed E-state index contributed by atoms with van der Waals surface area (Å²) in [4.78, 5) is 13.3. The highest BCUT2D eigenvalue weighted by Crippen LogP contribution is 2.43. The summed E-state index contributed by atoms with van der Waals surface area (Å²) in [7, 11) is 1.39. The number of carbonyl (C=O) groups is 1. The third kappa shape index (κ3) is 5.97. The first-order chi connectivity index (χ1) is 19.6. The van der Waals surface area contributed by atoms with E-state index in [1.54, 1.807) is 12.1 Å². The van der Waals surface area contributed by atoms with Crippen LogP contribution in [0.4, 0.5) is 0 Å². The molecule has 224 valence electrons. The molecule has 0 aliphatic carbocycles. The number of phenols is 1. The number of aliphatic hydroxyl groups excluding tert-OH is 6. The van der Waals surface area contributed by atoms with E-state index in [0.29, 0.717) is 5.56 Å². The summed E-state index contributed by atoms with van der Waals surface area (Å²) in [5.41, 5.74) is 0.712. The average Bonchev–Trinajstić information content (AvgIpc) is 2.96. The maximum absolute atomic E-state index is 13.3. The van der Waals surface area contributed by atoms with Crippen molar-refractivity contribution in [2.75, 3.05) is 20.3 Å². The van der Waals surface area contributed by atoms with Crippen molar-refractivity contribution in [1.82, 2.24) is 0 Å². The van der Waals surface area contributed by atoms with Crippen molar-refractivity contribution >= 4 is 5.78 Å². The monoisotopic (exact) mass is 580 g/mol. The van der Waals surface area contributed by atoms with Gasteiger partial charge in [0.1, 0.15) is 77.4 Å². The molecule has 1 unspecified atom stereocenters. The summed E-state index contributed by atoms with van der Waals surface area (Å²) in [6.45, 7) is -0.781. The number of aliphatic hydroxyl groups is 6. The van der Waals surface area contributed by atoms with Gasteiger partial charge in [-0.1, -0.05) is 12.1 Å². The molecule has 0 aromatic heterocycles. The van der Waals surface area contributed by atoms with Crippen molar-refractivity contribution < 1.29 is 69.0 Å². The lowest BCUT2D eigenvalue weighted by Crippen LogP contribution is -2.61. The number of methoxy groups -OCH3 is 1. The Bertz CT molecular complexity index is 1220. The number of ether oxygens (including phenoxy) is 6. The molecule has 3 heterocycles. The Balaban J connectivity index is 1.34. The lowest BCUT2D eigenvalue weighted by Gasteiger charge is -2.41. The first-order valence-corrected chi connectivity index (χ1v) is 12.9. The van der Waals surface area contributed by atoms with Gasteiger partial charge in [0.05, 0.1) is 26.7 Å². The molecular weight excluding hydrogens is 548 g/mol. The molecule has 5 rings (SSSR count). The van der Waals surface area contributed by atoms with Crippen LogP contribution in [-0.4, -0.2) is 117 Å². The molecule has 2 saturated heterocycles. The van der Waals surface area contributed by atoms with Crippen molar-refractivity contribution in [2.24, 2.45) is 0 Å². The fraction of sp³-hybridized carbons (Fsp3) is 0.519. The third-order valence-corrected chi connectivity index (χ3v) is 7.25. The molecule has 0 radical (unpaired) electrons. The van der Waals surface area contributed by atoms with E-state index in [0.717, 1.165) is 0 Å². The topological polar surface area (TPSA) is 214 Å². The van der Waals surface area contributed by atoms with Crippen LogP contribution in [0.15, 0.2) is 36.4 Å². The Morgan fingerprint density at radius 3 is 2.32 bits per heavy atom. The van der Waals surface area contributed by atoms with Gasteiger partial charge in [-0.3, -0.25) is 4.79 Å². The highest BCUT2D eigenvalue weighted by Gasteiger charge is 2.47. The molecular formula is C27H32O14. The Hall–Kier alpha value is -3.05. The first-order valence-electron chi connectivity index (χ1n) is 12.9.